The quantitative estimate of drug-likeness (QED) is 0.516. The molecule has 4 N–H and O–H groups in total. The van der Waals surface area contributed by atoms with Gasteiger partial charge >= 0.3 is 20.4 Å². The predicted octanol–water partition coefficient (Wildman–Crippen LogP) is -3.20. The number of hydrogen-bond acceptors (Lipinski definition) is 6. The van der Waals surface area contributed by atoms with Crippen LogP contribution in [0.25, 0.3) is 0 Å². The van der Waals surface area contributed by atoms with Crippen molar-refractivity contribution in [2.75, 3.05) is 0 Å². The maximum atomic E-state index is 9.46. The SMILES string of the molecule is C.C[C@H](N)C(=O)[O-].C[C@H](N)C(=O)[O-].[Pd+2]. The maximum Gasteiger partial charge on any atom is 2.00 e. The molecule has 0 saturated carbocycles. The van der Waals surface area contributed by atoms with Crippen LogP contribution in [0, 0.1) is 0 Å². The molecule has 0 spiro atoms. The number of rotatable bonds is 2. The molecule has 0 aliphatic carbocycles. The van der Waals surface area contributed by atoms with E-state index in [9.17, 15) is 19.8 Å². The Labute approximate surface area is 97.3 Å². The summed E-state index contributed by atoms with van der Waals surface area (Å²) in [7, 11) is 0. The second-order valence-corrected chi connectivity index (χ2v) is 2.22. The molecule has 0 unspecified atom stereocenters. The van der Waals surface area contributed by atoms with E-state index in [4.69, 9.17) is 11.5 Å². The number of nitrogens with two attached hydrogens (primary N) is 2. The van der Waals surface area contributed by atoms with Crippen molar-refractivity contribution < 1.29 is 40.2 Å². The van der Waals surface area contributed by atoms with Crippen LogP contribution in [0.3, 0.4) is 0 Å². The van der Waals surface area contributed by atoms with Crippen LogP contribution >= 0.6 is 0 Å². The third kappa shape index (κ3) is 22.5. The fraction of sp³-hybridized carbons (Fsp3) is 0.714. The first-order valence-corrected chi connectivity index (χ1v) is 3.22. The number of carbonyl (C=O) groups is 2. The van der Waals surface area contributed by atoms with Crippen LogP contribution in [-0.2, 0) is 30.0 Å². The van der Waals surface area contributed by atoms with Crippen LogP contribution < -0.4 is 21.7 Å². The molecule has 0 fully saturated rings. The molecule has 14 heavy (non-hydrogen) atoms. The Morgan fingerprint density at radius 3 is 1.07 bits per heavy atom. The molecule has 0 amide bonds. The summed E-state index contributed by atoms with van der Waals surface area (Å²) in [6, 6.07) is -1.69. The second-order valence-electron chi connectivity index (χ2n) is 2.22. The standard InChI is InChI=1S/2C3H7NO2.CH4.Pd/c2*1-2(4)3(5)6;;/h2*2H,4H2,1H3,(H,5,6);1H4;/q;;;+2/p-2/t2*2-;;/m00../s1. The van der Waals surface area contributed by atoms with Gasteiger partial charge in [0.2, 0.25) is 0 Å². The number of carboxylic acids is 2. The van der Waals surface area contributed by atoms with Gasteiger partial charge in [0.1, 0.15) is 0 Å². The van der Waals surface area contributed by atoms with E-state index in [0.717, 1.165) is 0 Å². The van der Waals surface area contributed by atoms with E-state index in [1.54, 1.807) is 0 Å². The molecule has 0 aromatic heterocycles. The zero-order valence-corrected chi connectivity index (χ0v) is 8.81. The second kappa shape index (κ2) is 12.5. The minimum absolute atomic E-state index is 0. The van der Waals surface area contributed by atoms with E-state index in [1.807, 2.05) is 0 Å². The predicted molar refractivity (Wildman–Crippen MR) is 44.0 cm³/mol. The van der Waals surface area contributed by atoms with Crippen molar-refractivity contribution in [3.63, 3.8) is 0 Å². The molecule has 0 saturated heterocycles. The molecular formula is C7H16N2O4Pd. The van der Waals surface area contributed by atoms with E-state index in [-0.39, 0.29) is 27.8 Å². The number of carbonyl (C=O) groups excluding carboxylic acids is 2. The van der Waals surface area contributed by atoms with Crippen molar-refractivity contribution in [1.82, 2.24) is 0 Å². The van der Waals surface area contributed by atoms with Crippen molar-refractivity contribution in [2.24, 2.45) is 11.5 Å². The molecular weight excluding hydrogens is 283 g/mol. The average molecular weight is 299 g/mol. The summed E-state index contributed by atoms with van der Waals surface area (Å²) in [6.07, 6.45) is 0. The van der Waals surface area contributed by atoms with E-state index >= 15 is 0 Å². The number of carboxylic acid groups (broad SMARTS) is 2. The van der Waals surface area contributed by atoms with Gasteiger partial charge in [-0.2, -0.15) is 0 Å². The van der Waals surface area contributed by atoms with Crippen LogP contribution in [-0.4, -0.2) is 24.0 Å². The monoisotopic (exact) mass is 298 g/mol. The summed E-state index contributed by atoms with van der Waals surface area (Å²) in [6.45, 7) is 2.71. The maximum absolute atomic E-state index is 9.46. The van der Waals surface area contributed by atoms with E-state index < -0.39 is 24.0 Å². The molecule has 0 aromatic rings. The van der Waals surface area contributed by atoms with Crippen LogP contribution in [0.4, 0.5) is 0 Å². The van der Waals surface area contributed by atoms with Crippen molar-refractivity contribution in [2.45, 2.75) is 33.4 Å². The summed E-state index contributed by atoms with van der Waals surface area (Å²) in [4.78, 5) is 18.9. The molecule has 0 aliphatic heterocycles. The molecule has 6 nitrogen and oxygen atoms in total. The molecule has 0 aromatic carbocycles. The summed E-state index contributed by atoms with van der Waals surface area (Å²) in [5, 5.41) is 18.9. The molecule has 0 aliphatic rings. The Morgan fingerprint density at radius 2 is 1.07 bits per heavy atom. The van der Waals surface area contributed by atoms with Gasteiger partial charge in [-0.15, -0.1) is 0 Å². The van der Waals surface area contributed by atoms with E-state index in [2.05, 4.69) is 0 Å². The molecule has 0 radical (unpaired) electrons. The van der Waals surface area contributed by atoms with Crippen LogP contribution in [0.15, 0.2) is 0 Å². The minimum atomic E-state index is -1.21. The Bertz CT molecular complexity index is 144. The first-order chi connectivity index (χ1) is 5.29. The van der Waals surface area contributed by atoms with E-state index in [0.29, 0.717) is 0 Å². The van der Waals surface area contributed by atoms with Crippen LogP contribution in [0.1, 0.15) is 21.3 Å². The van der Waals surface area contributed by atoms with Gasteiger partial charge in [0, 0.05) is 12.1 Å². The average Bonchev–Trinajstić information content (AvgIpc) is 1.88. The molecule has 2 atom stereocenters. The summed E-state index contributed by atoms with van der Waals surface area (Å²) in [5.41, 5.74) is 9.55. The summed E-state index contributed by atoms with van der Waals surface area (Å²) in [5.74, 6) is -2.43. The van der Waals surface area contributed by atoms with Gasteiger partial charge in [-0.05, 0) is 13.8 Å². The van der Waals surface area contributed by atoms with Gasteiger partial charge in [0.15, 0.2) is 0 Å². The van der Waals surface area contributed by atoms with Crippen molar-refractivity contribution in [3.8, 4) is 0 Å². The van der Waals surface area contributed by atoms with Crippen molar-refractivity contribution in [3.05, 3.63) is 0 Å². The van der Waals surface area contributed by atoms with Gasteiger partial charge in [-0.25, -0.2) is 0 Å². The molecule has 7 heteroatoms. The zero-order valence-electron chi connectivity index (χ0n) is 7.26. The van der Waals surface area contributed by atoms with Crippen LogP contribution in [0.5, 0.6) is 0 Å². The Morgan fingerprint density at radius 1 is 1.00 bits per heavy atom. The van der Waals surface area contributed by atoms with E-state index in [1.165, 1.54) is 13.8 Å². The Kier molecular flexibility index (Phi) is 20.9. The molecule has 0 heterocycles. The van der Waals surface area contributed by atoms with Gasteiger partial charge < -0.3 is 31.3 Å². The molecule has 0 bridgehead atoms. The Hall–Kier alpha value is -0.478. The summed E-state index contributed by atoms with van der Waals surface area (Å²) >= 11 is 0. The topological polar surface area (TPSA) is 132 Å². The first-order valence-electron chi connectivity index (χ1n) is 3.22. The van der Waals surface area contributed by atoms with Gasteiger partial charge in [-0.3, -0.25) is 0 Å². The Balaban J connectivity index is -0.0000000625. The normalized spacial score (nSPS) is 11.7. The smallest absolute Gasteiger partial charge is 0.548 e. The fourth-order valence-electron chi connectivity index (χ4n) is 0. The fourth-order valence-corrected chi connectivity index (χ4v) is 0. The number of aliphatic carboxylic acids is 2. The largest absolute Gasteiger partial charge is 2.00 e. The van der Waals surface area contributed by atoms with Gasteiger partial charge in [0.25, 0.3) is 0 Å². The zero-order chi connectivity index (χ0) is 10.3. The third-order valence-electron chi connectivity index (χ3n) is 0.744. The number of hydrogen-bond donors (Lipinski definition) is 2. The van der Waals surface area contributed by atoms with Gasteiger partial charge in [0.05, 0.1) is 11.9 Å². The molecule has 88 valence electrons. The summed E-state index contributed by atoms with van der Waals surface area (Å²) < 4.78 is 0. The first kappa shape index (κ1) is 23.4. The third-order valence-corrected chi connectivity index (χ3v) is 0.744. The molecule has 0 rings (SSSR count). The van der Waals surface area contributed by atoms with Crippen LogP contribution in [0.2, 0.25) is 0 Å². The minimum Gasteiger partial charge on any atom is -0.548 e. The van der Waals surface area contributed by atoms with Gasteiger partial charge in [-0.1, -0.05) is 7.43 Å². The van der Waals surface area contributed by atoms with Crippen molar-refractivity contribution in [1.29, 1.82) is 0 Å². The van der Waals surface area contributed by atoms with Crippen molar-refractivity contribution >= 4 is 11.9 Å².